The number of hydrogen-bond acceptors (Lipinski definition) is 4. The van der Waals surface area contributed by atoms with Crippen molar-refractivity contribution in [1.82, 2.24) is 0 Å². The lowest BCUT2D eigenvalue weighted by Gasteiger charge is -2.15. The van der Waals surface area contributed by atoms with Crippen LogP contribution in [0.1, 0.15) is 18.9 Å². The number of nitrogens with zero attached hydrogens (tertiary/aromatic N) is 1. The van der Waals surface area contributed by atoms with Gasteiger partial charge in [0, 0.05) is 6.54 Å². The summed E-state index contributed by atoms with van der Waals surface area (Å²) < 4.78 is 5.14. The van der Waals surface area contributed by atoms with Crippen LogP contribution in [0.4, 0.5) is 5.69 Å². The van der Waals surface area contributed by atoms with Crippen molar-refractivity contribution in [2.24, 2.45) is 11.7 Å². The second kappa shape index (κ2) is 6.62. The molecule has 0 aliphatic rings. The Balaban J connectivity index is 3.03. The number of nitrogens with one attached hydrogen (secondary N) is 1. The third kappa shape index (κ3) is 2.99. The average molecular weight is 247 g/mol. The molecule has 1 atom stereocenters. The van der Waals surface area contributed by atoms with Crippen molar-refractivity contribution in [2.45, 2.75) is 13.3 Å². The first-order chi connectivity index (χ1) is 8.67. The SMILES string of the molecule is CCC(CN)C(=O)Nc1c(C#N)cccc1OC. The first-order valence-electron chi connectivity index (χ1n) is 5.75. The van der Waals surface area contributed by atoms with Gasteiger partial charge in [-0.25, -0.2) is 0 Å². The topological polar surface area (TPSA) is 88.1 Å². The summed E-state index contributed by atoms with van der Waals surface area (Å²) in [7, 11) is 1.49. The van der Waals surface area contributed by atoms with Gasteiger partial charge in [-0.05, 0) is 18.6 Å². The van der Waals surface area contributed by atoms with Crippen molar-refractivity contribution in [2.75, 3.05) is 19.0 Å². The Morgan fingerprint density at radius 1 is 1.61 bits per heavy atom. The summed E-state index contributed by atoms with van der Waals surface area (Å²) in [4.78, 5) is 12.0. The number of methoxy groups -OCH3 is 1. The highest BCUT2D eigenvalue weighted by Gasteiger charge is 2.18. The van der Waals surface area contributed by atoms with Gasteiger partial charge < -0.3 is 15.8 Å². The molecule has 0 aromatic heterocycles. The first kappa shape index (κ1) is 14.0. The van der Waals surface area contributed by atoms with E-state index < -0.39 is 0 Å². The zero-order chi connectivity index (χ0) is 13.5. The van der Waals surface area contributed by atoms with Crippen molar-refractivity contribution in [3.8, 4) is 11.8 Å². The molecule has 0 heterocycles. The molecule has 0 aliphatic heterocycles. The summed E-state index contributed by atoms with van der Waals surface area (Å²) in [6.45, 7) is 2.17. The Kier molecular flexibility index (Phi) is 5.15. The fraction of sp³-hybridized carbons (Fsp3) is 0.385. The van der Waals surface area contributed by atoms with E-state index >= 15 is 0 Å². The molecule has 0 saturated carbocycles. The Bertz CT molecular complexity index is 462. The molecule has 1 rings (SSSR count). The smallest absolute Gasteiger partial charge is 0.228 e. The molecule has 3 N–H and O–H groups in total. The van der Waals surface area contributed by atoms with Gasteiger partial charge in [-0.1, -0.05) is 13.0 Å². The van der Waals surface area contributed by atoms with E-state index in [4.69, 9.17) is 15.7 Å². The average Bonchev–Trinajstić information content (AvgIpc) is 2.40. The third-order valence-electron chi connectivity index (χ3n) is 2.76. The number of carbonyl (C=O) groups excluding carboxylic acids is 1. The number of hydrogen-bond donors (Lipinski definition) is 2. The lowest BCUT2D eigenvalue weighted by atomic mass is 10.1. The molecule has 0 bridgehead atoms. The van der Waals surface area contributed by atoms with Gasteiger partial charge >= 0.3 is 0 Å². The Hall–Kier alpha value is -2.06. The van der Waals surface area contributed by atoms with Crippen molar-refractivity contribution >= 4 is 11.6 Å². The van der Waals surface area contributed by atoms with Gasteiger partial charge in [-0.15, -0.1) is 0 Å². The van der Waals surface area contributed by atoms with Crippen LogP contribution in [0.2, 0.25) is 0 Å². The Labute approximate surface area is 107 Å². The minimum atomic E-state index is -0.263. The summed E-state index contributed by atoms with van der Waals surface area (Å²) in [6, 6.07) is 7.05. The fourth-order valence-corrected chi connectivity index (χ4v) is 1.61. The van der Waals surface area contributed by atoms with E-state index in [9.17, 15) is 4.79 Å². The van der Waals surface area contributed by atoms with Crippen LogP contribution in [0.3, 0.4) is 0 Å². The minimum absolute atomic E-state index is 0.194. The zero-order valence-corrected chi connectivity index (χ0v) is 10.6. The number of para-hydroxylation sites is 1. The van der Waals surface area contributed by atoms with Crippen LogP contribution in [0, 0.1) is 17.2 Å². The maximum atomic E-state index is 12.0. The van der Waals surface area contributed by atoms with Gasteiger partial charge in [0.05, 0.1) is 18.6 Å². The van der Waals surface area contributed by atoms with Crippen LogP contribution in [-0.4, -0.2) is 19.6 Å². The molecule has 1 unspecified atom stereocenters. The molecule has 0 aliphatic carbocycles. The molecule has 1 aromatic rings. The molecule has 1 amide bonds. The highest BCUT2D eigenvalue weighted by atomic mass is 16.5. The summed E-state index contributed by atoms with van der Waals surface area (Å²) in [6.07, 6.45) is 0.652. The zero-order valence-electron chi connectivity index (χ0n) is 10.6. The van der Waals surface area contributed by atoms with Crippen LogP contribution in [0.15, 0.2) is 18.2 Å². The van der Waals surface area contributed by atoms with Gasteiger partial charge in [0.1, 0.15) is 17.5 Å². The van der Waals surface area contributed by atoms with Gasteiger partial charge in [0.15, 0.2) is 0 Å². The maximum absolute atomic E-state index is 12.0. The number of amides is 1. The molecule has 5 heteroatoms. The van der Waals surface area contributed by atoms with Crippen LogP contribution in [0.25, 0.3) is 0 Å². The summed E-state index contributed by atoms with van der Waals surface area (Å²) in [5.74, 6) is 0.0109. The Morgan fingerprint density at radius 2 is 2.33 bits per heavy atom. The fourth-order valence-electron chi connectivity index (χ4n) is 1.61. The van der Waals surface area contributed by atoms with Gasteiger partial charge in [0.2, 0.25) is 5.91 Å². The lowest BCUT2D eigenvalue weighted by molar-refractivity contribution is -0.119. The van der Waals surface area contributed by atoms with Crippen molar-refractivity contribution in [3.63, 3.8) is 0 Å². The number of carbonyl (C=O) groups is 1. The van der Waals surface area contributed by atoms with E-state index in [2.05, 4.69) is 5.32 Å². The van der Waals surface area contributed by atoms with Crippen molar-refractivity contribution in [1.29, 1.82) is 5.26 Å². The number of nitrogens with two attached hydrogens (primary N) is 1. The van der Waals surface area contributed by atoms with Gasteiger partial charge in [0.25, 0.3) is 0 Å². The second-order valence-corrected chi connectivity index (χ2v) is 3.82. The number of nitriles is 1. The summed E-state index contributed by atoms with van der Waals surface area (Å²) in [5, 5.41) is 11.7. The van der Waals surface area contributed by atoms with Gasteiger partial charge in [-0.3, -0.25) is 4.79 Å². The number of ether oxygens (including phenoxy) is 1. The maximum Gasteiger partial charge on any atom is 0.228 e. The van der Waals surface area contributed by atoms with E-state index in [1.165, 1.54) is 7.11 Å². The predicted molar refractivity (Wildman–Crippen MR) is 69.2 cm³/mol. The molecule has 0 fully saturated rings. The van der Waals surface area contributed by atoms with Crippen LogP contribution >= 0.6 is 0 Å². The van der Waals surface area contributed by atoms with Gasteiger partial charge in [-0.2, -0.15) is 5.26 Å². The Morgan fingerprint density at radius 3 is 2.83 bits per heavy atom. The largest absolute Gasteiger partial charge is 0.495 e. The molecule has 5 nitrogen and oxygen atoms in total. The molecule has 0 spiro atoms. The summed E-state index contributed by atoms with van der Waals surface area (Å²) >= 11 is 0. The molecular weight excluding hydrogens is 230 g/mol. The highest BCUT2D eigenvalue weighted by Crippen LogP contribution is 2.28. The standard InChI is InChI=1S/C13H17N3O2/c1-3-9(7-14)13(17)16-12-10(8-15)5-4-6-11(12)18-2/h4-6,9H,3,7,14H2,1-2H3,(H,16,17). The molecule has 0 saturated heterocycles. The monoisotopic (exact) mass is 247 g/mol. The lowest BCUT2D eigenvalue weighted by Crippen LogP contribution is -2.29. The molecule has 0 radical (unpaired) electrons. The van der Waals surface area contributed by atoms with Crippen molar-refractivity contribution < 1.29 is 9.53 Å². The number of benzene rings is 1. The van der Waals surface area contributed by atoms with E-state index in [0.717, 1.165) is 0 Å². The third-order valence-corrected chi connectivity index (χ3v) is 2.76. The normalized spacial score (nSPS) is 11.4. The molecule has 18 heavy (non-hydrogen) atoms. The summed E-state index contributed by atoms with van der Waals surface area (Å²) in [5.41, 5.74) is 6.29. The number of anilines is 1. The highest BCUT2D eigenvalue weighted by molar-refractivity contribution is 5.95. The molecular formula is C13H17N3O2. The quantitative estimate of drug-likeness (QED) is 0.825. The van der Waals surface area contributed by atoms with E-state index in [-0.39, 0.29) is 18.4 Å². The van der Waals surface area contributed by atoms with Crippen molar-refractivity contribution in [3.05, 3.63) is 23.8 Å². The molecule has 96 valence electrons. The predicted octanol–water partition coefficient (Wildman–Crippen LogP) is 1.49. The van der Waals surface area contributed by atoms with Crippen LogP contribution in [0.5, 0.6) is 5.75 Å². The number of rotatable bonds is 5. The van der Waals surface area contributed by atoms with E-state index in [1.54, 1.807) is 18.2 Å². The first-order valence-corrected chi connectivity index (χ1v) is 5.75. The van der Waals surface area contributed by atoms with E-state index in [1.807, 2.05) is 13.0 Å². The van der Waals surface area contributed by atoms with Crippen LogP contribution < -0.4 is 15.8 Å². The van der Waals surface area contributed by atoms with Crippen LogP contribution in [-0.2, 0) is 4.79 Å². The second-order valence-electron chi connectivity index (χ2n) is 3.82. The molecule has 1 aromatic carbocycles. The van der Waals surface area contributed by atoms with E-state index in [0.29, 0.717) is 23.4 Å². The minimum Gasteiger partial charge on any atom is -0.495 e.